The van der Waals surface area contributed by atoms with Crippen LogP contribution in [-0.2, 0) is 4.79 Å². The minimum absolute atomic E-state index is 0.219. The van der Waals surface area contributed by atoms with Crippen LogP contribution in [0.4, 0.5) is 0 Å². The van der Waals surface area contributed by atoms with Gasteiger partial charge in [-0.1, -0.05) is 23.7 Å². The van der Waals surface area contributed by atoms with Gasteiger partial charge in [0.2, 0.25) is 5.91 Å². The van der Waals surface area contributed by atoms with Crippen LogP contribution in [0.5, 0.6) is 0 Å². The van der Waals surface area contributed by atoms with E-state index >= 15 is 0 Å². The first-order valence-corrected chi connectivity index (χ1v) is 5.68. The van der Waals surface area contributed by atoms with Crippen LogP contribution in [-0.4, -0.2) is 23.2 Å². The molecule has 0 bridgehead atoms. The quantitative estimate of drug-likeness (QED) is 0.809. The van der Waals surface area contributed by atoms with Crippen molar-refractivity contribution < 1.29 is 9.90 Å². The summed E-state index contributed by atoms with van der Waals surface area (Å²) in [6.45, 7) is 3.49. The third-order valence-electron chi connectivity index (χ3n) is 1.99. The van der Waals surface area contributed by atoms with Crippen molar-refractivity contribution in [2.45, 2.75) is 19.4 Å². The minimum atomic E-state index is -0.899. The van der Waals surface area contributed by atoms with Gasteiger partial charge in [-0.15, -0.1) is 0 Å². The highest BCUT2D eigenvalue weighted by Crippen LogP contribution is 2.10. The topological polar surface area (TPSA) is 49.3 Å². The second kappa shape index (κ2) is 5.84. The highest BCUT2D eigenvalue weighted by Gasteiger charge is 2.12. The van der Waals surface area contributed by atoms with Crippen LogP contribution >= 0.6 is 11.6 Å². The number of aliphatic hydroxyl groups is 1. The third-order valence-corrected chi connectivity index (χ3v) is 2.24. The molecule has 0 spiro atoms. The molecule has 3 nitrogen and oxygen atoms in total. The molecule has 1 amide bonds. The van der Waals surface area contributed by atoms with E-state index in [0.29, 0.717) is 5.02 Å². The smallest absolute Gasteiger partial charge is 0.244 e. The van der Waals surface area contributed by atoms with Crippen molar-refractivity contribution in [1.82, 2.24) is 5.32 Å². The first-order valence-electron chi connectivity index (χ1n) is 5.31. The molecule has 0 unspecified atom stereocenters. The fraction of sp³-hybridized carbons (Fsp3) is 0.308. The zero-order valence-corrected chi connectivity index (χ0v) is 10.7. The van der Waals surface area contributed by atoms with Crippen LogP contribution in [0.25, 0.3) is 6.08 Å². The number of rotatable bonds is 4. The van der Waals surface area contributed by atoms with Crippen molar-refractivity contribution in [3.8, 4) is 0 Å². The van der Waals surface area contributed by atoms with Crippen LogP contribution in [0.2, 0.25) is 5.02 Å². The summed E-state index contributed by atoms with van der Waals surface area (Å²) in [4.78, 5) is 11.4. The van der Waals surface area contributed by atoms with Gasteiger partial charge in [0.1, 0.15) is 0 Å². The molecule has 0 radical (unpaired) electrons. The molecule has 1 rings (SSSR count). The zero-order chi connectivity index (χ0) is 12.9. The normalized spacial score (nSPS) is 11.8. The van der Waals surface area contributed by atoms with Crippen LogP contribution in [0.3, 0.4) is 0 Å². The number of benzene rings is 1. The van der Waals surface area contributed by atoms with E-state index in [4.69, 9.17) is 11.6 Å². The highest BCUT2D eigenvalue weighted by molar-refractivity contribution is 6.30. The maximum Gasteiger partial charge on any atom is 0.244 e. The Bertz CT molecular complexity index is 404. The molecule has 0 fully saturated rings. The fourth-order valence-electron chi connectivity index (χ4n) is 1.11. The van der Waals surface area contributed by atoms with Crippen molar-refractivity contribution in [2.24, 2.45) is 0 Å². The summed E-state index contributed by atoms with van der Waals surface area (Å²) in [6.07, 6.45) is 3.12. The summed E-state index contributed by atoms with van der Waals surface area (Å²) in [5, 5.41) is 12.7. The van der Waals surface area contributed by atoms with Gasteiger partial charge < -0.3 is 10.4 Å². The van der Waals surface area contributed by atoms with Crippen molar-refractivity contribution in [1.29, 1.82) is 0 Å². The average molecular weight is 254 g/mol. The first-order chi connectivity index (χ1) is 7.87. The van der Waals surface area contributed by atoms with Gasteiger partial charge in [0, 0.05) is 17.6 Å². The molecular formula is C13H16ClNO2. The second-order valence-corrected chi connectivity index (χ2v) is 4.85. The molecule has 0 saturated carbocycles. The number of hydrogen-bond acceptors (Lipinski definition) is 2. The third kappa shape index (κ3) is 6.09. The van der Waals surface area contributed by atoms with E-state index in [-0.39, 0.29) is 12.5 Å². The Morgan fingerprint density at radius 1 is 1.41 bits per heavy atom. The number of amides is 1. The van der Waals surface area contributed by atoms with Gasteiger partial charge in [-0.25, -0.2) is 0 Å². The number of nitrogens with one attached hydrogen (secondary N) is 1. The maximum absolute atomic E-state index is 11.4. The Morgan fingerprint density at radius 2 is 2.00 bits per heavy atom. The summed E-state index contributed by atoms with van der Waals surface area (Å²) in [7, 11) is 0. The largest absolute Gasteiger partial charge is 0.389 e. The Morgan fingerprint density at radius 3 is 2.53 bits per heavy atom. The highest BCUT2D eigenvalue weighted by atomic mass is 35.5. The van der Waals surface area contributed by atoms with E-state index in [1.807, 2.05) is 12.1 Å². The molecule has 0 aliphatic rings. The van der Waals surface area contributed by atoms with E-state index < -0.39 is 5.60 Å². The summed E-state index contributed by atoms with van der Waals surface area (Å²) in [6, 6.07) is 7.16. The van der Waals surface area contributed by atoms with Gasteiger partial charge in [-0.3, -0.25) is 4.79 Å². The van der Waals surface area contributed by atoms with Crippen molar-refractivity contribution in [3.05, 3.63) is 40.9 Å². The monoisotopic (exact) mass is 253 g/mol. The molecule has 0 aliphatic heterocycles. The van der Waals surface area contributed by atoms with E-state index in [2.05, 4.69) is 5.32 Å². The minimum Gasteiger partial charge on any atom is -0.389 e. The summed E-state index contributed by atoms with van der Waals surface area (Å²) < 4.78 is 0. The lowest BCUT2D eigenvalue weighted by Gasteiger charge is -2.16. The molecule has 0 heterocycles. The van der Waals surface area contributed by atoms with Gasteiger partial charge in [-0.2, -0.15) is 0 Å². The van der Waals surface area contributed by atoms with Gasteiger partial charge in [0.15, 0.2) is 0 Å². The Hall–Kier alpha value is -1.32. The number of hydrogen-bond donors (Lipinski definition) is 2. The van der Waals surface area contributed by atoms with Crippen molar-refractivity contribution >= 4 is 23.6 Å². The fourth-order valence-corrected chi connectivity index (χ4v) is 1.23. The maximum atomic E-state index is 11.4. The molecular weight excluding hydrogens is 238 g/mol. The molecule has 0 aliphatic carbocycles. The van der Waals surface area contributed by atoms with Gasteiger partial charge in [0.05, 0.1) is 5.60 Å². The van der Waals surface area contributed by atoms with Crippen molar-refractivity contribution in [3.63, 3.8) is 0 Å². The lowest BCUT2D eigenvalue weighted by Crippen LogP contribution is -2.37. The number of carbonyl (C=O) groups is 1. The first kappa shape index (κ1) is 13.7. The standard InChI is InChI=1S/C13H16ClNO2/c1-13(2,17)9-15-12(16)8-5-10-3-6-11(14)7-4-10/h3-8,17H,9H2,1-2H3,(H,15,16). The molecule has 92 valence electrons. The van der Waals surface area contributed by atoms with Gasteiger partial charge >= 0.3 is 0 Å². The van der Waals surface area contributed by atoms with Crippen molar-refractivity contribution in [2.75, 3.05) is 6.54 Å². The average Bonchev–Trinajstić information content (AvgIpc) is 2.25. The van der Waals surface area contributed by atoms with E-state index in [0.717, 1.165) is 5.56 Å². The molecule has 0 saturated heterocycles. The van der Waals surface area contributed by atoms with E-state index in [1.54, 1.807) is 32.1 Å². The molecule has 1 aromatic carbocycles. The molecule has 0 atom stereocenters. The number of carbonyl (C=O) groups excluding carboxylic acids is 1. The Kier molecular flexibility index (Phi) is 4.73. The lowest BCUT2D eigenvalue weighted by atomic mass is 10.1. The predicted octanol–water partition coefficient (Wildman–Crippen LogP) is 2.24. The van der Waals surface area contributed by atoms with Crippen LogP contribution in [0, 0.1) is 0 Å². The van der Waals surface area contributed by atoms with Gasteiger partial charge in [-0.05, 0) is 37.6 Å². The van der Waals surface area contributed by atoms with Crippen LogP contribution in [0.1, 0.15) is 19.4 Å². The van der Waals surface area contributed by atoms with E-state index in [9.17, 15) is 9.90 Å². The second-order valence-electron chi connectivity index (χ2n) is 4.42. The SMILES string of the molecule is CC(C)(O)CNC(=O)C=Cc1ccc(Cl)cc1. The molecule has 2 N–H and O–H groups in total. The molecule has 4 heteroatoms. The molecule has 0 aromatic heterocycles. The zero-order valence-electron chi connectivity index (χ0n) is 9.90. The van der Waals surface area contributed by atoms with Gasteiger partial charge in [0.25, 0.3) is 0 Å². The molecule has 1 aromatic rings. The molecule has 17 heavy (non-hydrogen) atoms. The number of halogens is 1. The lowest BCUT2D eigenvalue weighted by molar-refractivity contribution is -0.117. The summed E-state index contributed by atoms with van der Waals surface area (Å²) >= 11 is 5.74. The van der Waals surface area contributed by atoms with E-state index in [1.165, 1.54) is 6.08 Å². The summed E-state index contributed by atoms with van der Waals surface area (Å²) in [5.74, 6) is -0.234. The van der Waals surface area contributed by atoms with Crippen LogP contribution < -0.4 is 5.32 Å². The Labute approximate surface area is 106 Å². The Balaban J connectivity index is 2.48. The predicted molar refractivity (Wildman–Crippen MR) is 69.8 cm³/mol. The summed E-state index contributed by atoms with van der Waals surface area (Å²) in [5.41, 5.74) is -0.00292. The van der Waals surface area contributed by atoms with Crippen LogP contribution in [0.15, 0.2) is 30.3 Å².